The monoisotopic (exact) mass is 246 g/mol. The molecule has 1 N–H and O–H groups in total. The zero-order valence-corrected chi connectivity index (χ0v) is 8.50. The van der Waals surface area contributed by atoms with Crippen LogP contribution in [0.1, 0.15) is 23.4 Å². The van der Waals surface area contributed by atoms with E-state index in [-0.39, 0.29) is 16.3 Å². The van der Waals surface area contributed by atoms with Crippen LogP contribution >= 0.6 is 11.6 Å². The smallest absolute Gasteiger partial charge is 0.307 e. The van der Waals surface area contributed by atoms with Gasteiger partial charge in [-0.1, -0.05) is 11.6 Å². The van der Waals surface area contributed by atoms with Gasteiger partial charge in [0.05, 0.1) is 11.4 Å². The lowest BCUT2D eigenvalue weighted by atomic mass is 10.1. The van der Waals surface area contributed by atoms with Crippen LogP contribution in [0.15, 0.2) is 6.07 Å². The second-order valence-electron chi connectivity index (χ2n) is 2.85. The lowest BCUT2D eigenvalue weighted by Crippen LogP contribution is -2.06. The van der Waals surface area contributed by atoms with Crippen molar-refractivity contribution in [2.75, 3.05) is 0 Å². The van der Waals surface area contributed by atoms with E-state index in [9.17, 15) is 13.6 Å². The molecule has 0 amide bonds. The number of hydrogen-bond donors (Lipinski definition) is 1. The van der Waals surface area contributed by atoms with Gasteiger partial charge < -0.3 is 5.11 Å². The van der Waals surface area contributed by atoms with Gasteiger partial charge in [-0.2, -0.15) is 5.26 Å². The van der Waals surface area contributed by atoms with E-state index in [1.54, 1.807) is 6.07 Å². The summed E-state index contributed by atoms with van der Waals surface area (Å²) >= 11 is 5.49. The van der Waals surface area contributed by atoms with Crippen LogP contribution in [0.5, 0.6) is 0 Å². The SMILES string of the molecule is N#Cc1nc(C(F)F)c(Cl)cc1CC(=O)O. The highest BCUT2D eigenvalue weighted by Gasteiger charge is 2.18. The first-order chi connectivity index (χ1) is 7.45. The third-order valence-corrected chi connectivity index (χ3v) is 2.04. The quantitative estimate of drug-likeness (QED) is 0.887. The second-order valence-corrected chi connectivity index (χ2v) is 3.25. The maximum Gasteiger partial charge on any atom is 0.307 e. The number of nitriles is 1. The van der Waals surface area contributed by atoms with Crippen molar-refractivity contribution < 1.29 is 18.7 Å². The molecular formula is C9H5ClF2N2O2. The Labute approximate surface area is 94.1 Å². The molecule has 0 atom stereocenters. The lowest BCUT2D eigenvalue weighted by Gasteiger charge is -2.06. The van der Waals surface area contributed by atoms with Crippen molar-refractivity contribution in [2.45, 2.75) is 12.8 Å². The molecule has 0 saturated heterocycles. The Morgan fingerprint density at radius 2 is 2.31 bits per heavy atom. The summed E-state index contributed by atoms with van der Waals surface area (Å²) in [6, 6.07) is 2.59. The molecule has 0 aliphatic heterocycles. The molecule has 1 aromatic rings. The first-order valence-electron chi connectivity index (χ1n) is 4.05. The van der Waals surface area contributed by atoms with Crippen molar-refractivity contribution in [1.29, 1.82) is 5.26 Å². The molecule has 84 valence electrons. The van der Waals surface area contributed by atoms with E-state index < -0.39 is 24.5 Å². The molecule has 0 fully saturated rings. The van der Waals surface area contributed by atoms with Crippen LogP contribution in [-0.4, -0.2) is 16.1 Å². The number of halogens is 3. The number of alkyl halides is 2. The van der Waals surface area contributed by atoms with Crippen LogP contribution in [0.4, 0.5) is 8.78 Å². The average molecular weight is 247 g/mol. The van der Waals surface area contributed by atoms with Gasteiger partial charge >= 0.3 is 5.97 Å². The Morgan fingerprint density at radius 3 is 2.75 bits per heavy atom. The minimum Gasteiger partial charge on any atom is -0.481 e. The molecular weight excluding hydrogens is 242 g/mol. The molecule has 0 aliphatic rings. The molecule has 0 aliphatic carbocycles. The minimum absolute atomic E-state index is 0.0180. The van der Waals surface area contributed by atoms with Crippen LogP contribution in [0.3, 0.4) is 0 Å². The molecule has 0 saturated carbocycles. The fourth-order valence-electron chi connectivity index (χ4n) is 1.09. The normalized spacial score (nSPS) is 10.2. The van der Waals surface area contributed by atoms with Gasteiger partial charge in [0.25, 0.3) is 6.43 Å². The van der Waals surface area contributed by atoms with E-state index >= 15 is 0 Å². The van der Waals surface area contributed by atoms with Gasteiger partial charge in [-0.3, -0.25) is 4.79 Å². The number of aromatic nitrogens is 1. The molecule has 7 heteroatoms. The fraction of sp³-hybridized carbons (Fsp3) is 0.222. The number of rotatable bonds is 3. The van der Waals surface area contributed by atoms with E-state index in [4.69, 9.17) is 22.0 Å². The predicted octanol–water partition coefficient (Wildman–Crippen LogP) is 2.17. The maximum atomic E-state index is 12.4. The fourth-order valence-corrected chi connectivity index (χ4v) is 1.34. The molecule has 1 rings (SSSR count). The van der Waals surface area contributed by atoms with Crippen LogP contribution in [-0.2, 0) is 11.2 Å². The van der Waals surface area contributed by atoms with Gasteiger partial charge in [0.15, 0.2) is 0 Å². The predicted molar refractivity (Wildman–Crippen MR) is 50.3 cm³/mol. The first kappa shape index (κ1) is 12.3. The standard InChI is InChI=1S/C9H5ClF2N2O2/c10-5-1-4(2-7(15)16)6(3-13)14-8(5)9(11)12/h1,9H,2H2,(H,15,16). The van der Waals surface area contributed by atoms with Crippen molar-refractivity contribution in [3.8, 4) is 6.07 Å². The van der Waals surface area contributed by atoms with E-state index in [0.29, 0.717) is 0 Å². The topological polar surface area (TPSA) is 74.0 Å². The summed E-state index contributed by atoms with van der Waals surface area (Å²) < 4.78 is 24.7. The zero-order chi connectivity index (χ0) is 12.3. The van der Waals surface area contributed by atoms with Gasteiger partial charge in [-0.15, -0.1) is 0 Å². The Morgan fingerprint density at radius 1 is 1.69 bits per heavy atom. The summed E-state index contributed by atoms with van der Waals surface area (Å²) in [6.07, 6.45) is -3.39. The highest BCUT2D eigenvalue weighted by molar-refractivity contribution is 6.31. The van der Waals surface area contributed by atoms with Crippen molar-refractivity contribution >= 4 is 17.6 Å². The van der Waals surface area contributed by atoms with Gasteiger partial charge in [-0.05, 0) is 6.07 Å². The van der Waals surface area contributed by atoms with E-state index in [1.165, 1.54) is 0 Å². The number of aliphatic carboxylic acids is 1. The Kier molecular flexibility index (Phi) is 3.74. The van der Waals surface area contributed by atoms with Crippen molar-refractivity contribution in [2.24, 2.45) is 0 Å². The summed E-state index contributed by atoms with van der Waals surface area (Å²) in [5, 5.41) is 16.8. The summed E-state index contributed by atoms with van der Waals surface area (Å²) in [4.78, 5) is 13.8. The van der Waals surface area contributed by atoms with Gasteiger partial charge in [0.1, 0.15) is 17.5 Å². The van der Waals surface area contributed by atoms with E-state index in [0.717, 1.165) is 6.07 Å². The highest BCUT2D eigenvalue weighted by atomic mass is 35.5. The molecule has 0 bridgehead atoms. The third-order valence-electron chi connectivity index (χ3n) is 1.74. The van der Waals surface area contributed by atoms with Crippen molar-refractivity contribution in [1.82, 2.24) is 4.98 Å². The molecule has 4 nitrogen and oxygen atoms in total. The molecule has 1 aromatic heterocycles. The number of nitrogens with zero attached hydrogens (tertiary/aromatic N) is 2. The Hall–Kier alpha value is -1.74. The van der Waals surface area contributed by atoms with Crippen LogP contribution in [0, 0.1) is 11.3 Å². The van der Waals surface area contributed by atoms with E-state index in [2.05, 4.69) is 4.98 Å². The molecule has 16 heavy (non-hydrogen) atoms. The van der Waals surface area contributed by atoms with Gasteiger partial charge in [0, 0.05) is 5.56 Å². The summed E-state index contributed by atoms with van der Waals surface area (Å²) in [5.41, 5.74) is -1.04. The number of hydrogen-bond acceptors (Lipinski definition) is 3. The zero-order valence-electron chi connectivity index (χ0n) is 7.75. The second kappa shape index (κ2) is 4.86. The minimum atomic E-state index is -2.90. The van der Waals surface area contributed by atoms with E-state index in [1.807, 2.05) is 0 Å². The summed E-state index contributed by atoms with van der Waals surface area (Å²) in [6.45, 7) is 0. The summed E-state index contributed by atoms with van der Waals surface area (Å²) in [5.74, 6) is -1.20. The first-order valence-corrected chi connectivity index (χ1v) is 4.43. The number of carbonyl (C=O) groups is 1. The molecule has 0 unspecified atom stereocenters. The average Bonchev–Trinajstić information content (AvgIpc) is 2.16. The summed E-state index contributed by atoms with van der Waals surface area (Å²) in [7, 11) is 0. The number of carboxylic acids is 1. The Bertz CT molecular complexity index is 471. The van der Waals surface area contributed by atoms with Gasteiger partial charge in [-0.25, -0.2) is 13.8 Å². The maximum absolute atomic E-state index is 12.4. The largest absolute Gasteiger partial charge is 0.481 e. The van der Waals surface area contributed by atoms with Crippen LogP contribution < -0.4 is 0 Å². The molecule has 0 radical (unpaired) electrons. The number of pyridine rings is 1. The van der Waals surface area contributed by atoms with Crippen molar-refractivity contribution in [3.63, 3.8) is 0 Å². The number of carboxylic acid groups (broad SMARTS) is 1. The van der Waals surface area contributed by atoms with Gasteiger partial charge in [0.2, 0.25) is 0 Å². The molecule has 0 aromatic carbocycles. The van der Waals surface area contributed by atoms with Crippen LogP contribution in [0.25, 0.3) is 0 Å². The Balaban J connectivity index is 3.27. The lowest BCUT2D eigenvalue weighted by molar-refractivity contribution is -0.136. The third kappa shape index (κ3) is 2.64. The highest BCUT2D eigenvalue weighted by Crippen LogP contribution is 2.27. The molecule has 1 heterocycles. The molecule has 0 spiro atoms. The van der Waals surface area contributed by atoms with Crippen LogP contribution in [0.2, 0.25) is 5.02 Å². The van der Waals surface area contributed by atoms with Crippen molar-refractivity contribution in [3.05, 3.63) is 28.0 Å².